The number of aromatic nitrogens is 2. The Labute approximate surface area is 212 Å². The van der Waals surface area contributed by atoms with Gasteiger partial charge in [0.25, 0.3) is 5.88 Å². The molecule has 9 nitrogen and oxygen atoms in total. The van der Waals surface area contributed by atoms with Crippen molar-refractivity contribution in [3.05, 3.63) is 52.3 Å². The van der Waals surface area contributed by atoms with E-state index < -0.39 is 0 Å². The number of benzene rings is 2. The predicted octanol–water partition coefficient (Wildman–Crippen LogP) is 4.87. The number of nitrogens with zero attached hydrogens (tertiary/aromatic N) is 4. The second kappa shape index (κ2) is 10.6. The minimum atomic E-state index is 0.356. The summed E-state index contributed by atoms with van der Waals surface area (Å²) in [5.74, 6) is 2.70. The molecule has 1 N–H and O–H groups in total. The van der Waals surface area contributed by atoms with Crippen LogP contribution >= 0.6 is 15.9 Å². The third kappa shape index (κ3) is 5.39. The molecule has 0 aliphatic carbocycles. The minimum Gasteiger partial charge on any atom is -0.493 e. The summed E-state index contributed by atoms with van der Waals surface area (Å²) < 4.78 is 24.2. The van der Waals surface area contributed by atoms with Crippen LogP contribution in [0, 0.1) is 6.92 Å². The average molecular weight is 540 g/mol. The van der Waals surface area contributed by atoms with E-state index in [9.17, 15) is 0 Å². The Morgan fingerprint density at radius 1 is 1.11 bits per heavy atom. The molecular formula is C25H26BrN5O4. The lowest BCUT2D eigenvalue weighted by Crippen LogP contribution is -2.38. The van der Waals surface area contributed by atoms with Crippen LogP contribution in [-0.2, 0) is 4.74 Å². The minimum absolute atomic E-state index is 0.356. The lowest BCUT2D eigenvalue weighted by atomic mass is 10.2. The van der Waals surface area contributed by atoms with Crippen molar-refractivity contribution in [3.63, 3.8) is 0 Å². The molecule has 10 heteroatoms. The average Bonchev–Trinajstić information content (AvgIpc) is 3.06. The van der Waals surface area contributed by atoms with Crippen molar-refractivity contribution in [2.75, 3.05) is 51.9 Å². The molecule has 0 amide bonds. The number of hydrogen-bond donors (Lipinski definition) is 1. The molecular weight excluding hydrogens is 514 g/mol. The van der Waals surface area contributed by atoms with Crippen LogP contribution in [0.3, 0.4) is 0 Å². The van der Waals surface area contributed by atoms with E-state index in [1.54, 1.807) is 19.4 Å². The van der Waals surface area contributed by atoms with E-state index >= 15 is 0 Å². The van der Waals surface area contributed by atoms with Crippen LogP contribution in [0.4, 0.5) is 17.2 Å². The summed E-state index contributed by atoms with van der Waals surface area (Å²) >= 11 is 3.53. The summed E-state index contributed by atoms with van der Waals surface area (Å²) in [4.78, 5) is 15.7. The number of nitrogens with one attached hydrogen (secondary N) is 1. The Balaban J connectivity index is 1.37. The number of halogens is 1. The molecule has 2 aromatic carbocycles. The molecule has 0 unspecified atom stereocenters. The molecule has 0 bridgehead atoms. The molecule has 0 saturated carbocycles. The zero-order valence-electron chi connectivity index (χ0n) is 19.6. The highest BCUT2D eigenvalue weighted by Gasteiger charge is 2.21. The normalized spacial score (nSPS) is 14.9. The standard InChI is InChI=1S/C25H26BrN5O4/c1-16-11-18(3-4-19(16)26)30-24-23-25(29-15-28-24)35-20-13-21(32-2)22(12-17(20)14-27-23)34-10-7-31-5-8-33-9-6-31/h3-4,11-15H,5-10H2,1-2H3,(H,28,29,30). The maximum Gasteiger partial charge on any atom is 0.250 e. The second-order valence-electron chi connectivity index (χ2n) is 8.17. The lowest BCUT2D eigenvalue weighted by Gasteiger charge is -2.26. The number of methoxy groups -OCH3 is 1. The number of ether oxygens (including phenoxy) is 4. The van der Waals surface area contributed by atoms with Crippen LogP contribution in [-0.4, -0.2) is 67.6 Å². The maximum atomic E-state index is 6.14. The van der Waals surface area contributed by atoms with Crippen molar-refractivity contribution < 1.29 is 18.9 Å². The molecule has 0 radical (unpaired) electrons. The Morgan fingerprint density at radius 3 is 2.77 bits per heavy atom. The van der Waals surface area contributed by atoms with E-state index in [1.165, 1.54) is 6.33 Å². The van der Waals surface area contributed by atoms with Crippen LogP contribution < -0.4 is 19.5 Å². The highest BCUT2D eigenvalue weighted by Crippen LogP contribution is 2.42. The molecule has 1 aromatic heterocycles. The number of aliphatic imine (C=N–C) groups is 1. The van der Waals surface area contributed by atoms with Crippen molar-refractivity contribution in [2.45, 2.75) is 6.92 Å². The molecule has 3 aromatic rings. The van der Waals surface area contributed by atoms with Crippen molar-refractivity contribution in [2.24, 2.45) is 4.99 Å². The largest absolute Gasteiger partial charge is 0.493 e. The van der Waals surface area contributed by atoms with E-state index in [1.807, 2.05) is 31.2 Å². The summed E-state index contributed by atoms with van der Waals surface area (Å²) in [6.45, 7) is 6.75. The van der Waals surface area contributed by atoms with Gasteiger partial charge in [-0.1, -0.05) is 15.9 Å². The van der Waals surface area contributed by atoms with Crippen molar-refractivity contribution in [3.8, 4) is 23.1 Å². The molecule has 35 heavy (non-hydrogen) atoms. The monoisotopic (exact) mass is 539 g/mol. The van der Waals surface area contributed by atoms with Gasteiger partial charge in [-0.25, -0.2) is 9.98 Å². The quantitative estimate of drug-likeness (QED) is 0.355. The predicted molar refractivity (Wildman–Crippen MR) is 137 cm³/mol. The Morgan fingerprint density at radius 2 is 1.97 bits per heavy atom. The first-order valence-corrected chi connectivity index (χ1v) is 12.1. The first kappa shape index (κ1) is 23.5. The van der Waals surface area contributed by atoms with Crippen LogP contribution in [0.15, 0.2) is 46.1 Å². The van der Waals surface area contributed by atoms with Gasteiger partial charge in [0.1, 0.15) is 18.7 Å². The summed E-state index contributed by atoms with van der Waals surface area (Å²) in [6.07, 6.45) is 3.19. The van der Waals surface area contributed by atoms with Crippen LogP contribution in [0.2, 0.25) is 0 Å². The van der Waals surface area contributed by atoms with E-state index in [4.69, 9.17) is 18.9 Å². The summed E-state index contributed by atoms with van der Waals surface area (Å²) in [5.41, 5.74) is 3.27. The summed E-state index contributed by atoms with van der Waals surface area (Å²) in [6, 6.07) is 9.66. The van der Waals surface area contributed by atoms with E-state index in [2.05, 4.69) is 41.1 Å². The van der Waals surface area contributed by atoms with Crippen molar-refractivity contribution in [1.82, 2.24) is 14.9 Å². The Bertz CT molecular complexity index is 1250. The molecule has 3 heterocycles. The van der Waals surface area contributed by atoms with Gasteiger partial charge in [-0.3, -0.25) is 4.90 Å². The van der Waals surface area contributed by atoms with E-state index in [0.717, 1.165) is 54.1 Å². The topological polar surface area (TPSA) is 90.3 Å². The molecule has 5 rings (SSSR count). The number of rotatable bonds is 7. The van der Waals surface area contributed by atoms with E-state index in [-0.39, 0.29) is 0 Å². The van der Waals surface area contributed by atoms with Gasteiger partial charge >= 0.3 is 0 Å². The molecule has 182 valence electrons. The van der Waals surface area contributed by atoms with Gasteiger partial charge in [0.15, 0.2) is 23.0 Å². The number of morpholine rings is 1. The van der Waals surface area contributed by atoms with Gasteiger partial charge in [-0.05, 0) is 36.8 Å². The third-order valence-electron chi connectivity index (χ3n) is 5.81. The van der Waals surface area contributed by atoms with Crippen LogP contribution in [0.1, 0.15) is 11.1 Å². The fourth-order valence-electron chi connectivity index (χ4n) is 3.87. The smallest absolute Gasteiger partial charge is 0.250 e. The first-order chi connectivity index (χ1) is 17.1. The summed E-state index contributed by atoms with van der Waals surface area (Å²) in [7, 11) is 1.61. The Kier molecular flexibility index (Phi) is 7.12. The SMILES string of the molecule is COc1cc2c(cc1OCCN1CCOCC1)C=Nc1c(Nc3ccc(Br)c(C)c3)ncnc1O2. The fourth-order valence-corrected chi connectivity index (χ4v) is 4.12. The van der Waals surface area contributed by atoms with Gasteiger partial charge < -0.3 is 24.3 Å². The molecule has 0 spiro atoms. The highest BCUT2D eigenvalue weighted by atomic mass is 79.9. The van der Waals surface area contributed by atoms with Crippen molar-refractivity contribution >= 4 is 39.3 Å². The molecule has 1 saturated heterocycles. The van der Waals surface area contributed by atoms with Crippen molar-refractivity contribution in [1.29, 1.82) is 0 Å². The van der Waals surface area contributed by atoms with Gasteiger partial charge in [0.05, 0.1) is 20.3 Å². The lowest BCUT2D eigenvalue weighted by molar-refractivity contribution is 0.0321. The van der Waals surface area contributed by atoms with Crippen LogP contribution in [0.25, 0.3) is 0 Å². The van der Waals surface area contributed by atoms with E-state index in [0.29, 0.717) is 41.2 Å². The van der Waals surface area contributed by atoms with Gasteiger partial charge in [-0.2, -0.15) is 4.98 Å². The Hall–Kier alpha value is -3.21. The van der Waals surface area contributed by atoms with Gasteiger partial charge in [-0.15, -0.1) is 0 Å². The number of aryl methyl sites for hydroxylation is 1. The molecule has 0 atom stereocenters. The number of fused-ring (bicyclic) bond motifs is 2. The zero-order valence-corrected chi connectivity index (χ0v) is 21.2. The number of hydrogen-bond acceptors (Lipinski definition) is 9. The maximum absolute atomic E-state index is 6.14. The number of anilines is 2. The fraction of sp³-hybridized carbons (Fsp3) is 0.320. The highest BCUT2D eigenvalue weighted by molar-refractivity contribution is 9.10. The van der Waals surface area contributed by atoms with Gasteiger partial charge in [0.2, 0.25) is 0 Å². The van der Waals surface area contributed by atoms with Crippen LogP contribution in [0.5, 0.6) is 23.1 Å². The molecule has 2 aliphatic heterocycles. The zero-order chi connectivity index (χ0) is 24.2. The second-order valence-corrected chi connectivity index (χ2v) is 9.02. The third-order valence-corrected chi connectivity index (χ3v) is 6.70. The molecule has 2 aliphatic rings. The van der Waals surface area contributed by atoms with Gasteiger partial charge in [0, 0.05) is 47.6 Å². The first-order valence-electron chi connectivity index (χ1n) is 11.4. The summed E-state index contributed by atoms with van der Waals surface area (Å²) in [5, 5.41) is 3.32. The molecule has 1 fully saturated rings.